The number of likely N-dealkylation sites (tertiary alicyclic amines) is 1. The standard InChI is InChI=1S/C21H27N5O3S/c1-14-12-18(30-24-14)16-13-26-17(7-9-22-26)19(23-16)28-15-6-5-10-25(11-8-15)20(27)29-21(2,3)4/h7,9,12-13,15H,5-6,8,10-11H2,1-4H3/t15-/m1/s1. The second-order valence-corrected chi connectivity index (χ2v) is 9.37. The van der Waals surface area contributed by atoms with E-state index in [-0.39, 0.29) is 12.2 Å². The molecule has 3 aromatic heterocycles. The summed E-state index contributed by atoms with van der Waals surface area (Å²) in [5.41, 5.74) is 2.08. The minimum Gasteiger partial charge on any atom is -0.473 e. The van der Waals surface area contributed by atoms with Crippen LogP contribution in [0.25, 0.3) is 16.1 Å². The molecule has 0 bridgehead atoms. The van der Waals surface area contributed by atoms with E-state index in [1.54, 1.807) is 15.6 Å². The Morgan fingerprint density at radius 1 is 1.27 bits per heavy atom. The summed E-state index contributed by atoms with van der Waals surface area (Å²) in [6.07, 6.45) is 5.78. The number of fused-ring (bicyclic) bond motifs is 1. The predicted octanol–water partition coefficient (Wildman–Crippen LogP) is 4.33. The van der Waals surface area contributed by atoms with Gasteiger partial charge in [-0.1, -0.05) is 0 Å². The number of aryl methyl sites for hydroxylation is 1. The van der Waals surface area contributed by atoms with Gasteiger partial charge in [-0.15, -0.1) is 0 Å². The van der Waals surface area contributed by atoms with Gasteiger partial charge in [-0.3, -0.25) is 0 Å². The van der Waals surface area contributed by atoms with Crippen LogP contribution in [0.15, 0.2) is 24.5 Å². The maximum Gasteiger partial charge on any atom is 0.410 e. The van der Waals surface area contributed by atoms with Gasteiger partial charge in [0.05, 0.1) is 23.0 Å². The van der Waals surface area contributed by atoms with Crippen molar-refractivity contribution in [2.75, 3.05) is 13.1 Å². The third-order valence-corrected chi connectivity index (χ3v) is 5.74. The maximum absolute atomic E-state index is 12.4. The average molecular weight is 430 g/mol. The van der Waals surface area contributed by atoms with Crippen molar-refractivity contribution < 1.29 is 14.3 Å². The zero-order valence-electron chi connectivity index (χ0n) is 17.8. The SMILES string of the molecule is Cc1cc(-c2cn3nccc3c(O[C@@H]3CCCN(C(=O)OC(C)(C)C)CC3)n2)sn1. The Kier molecular flexibility index (Phi) is 5.64. The van der Waals surface area contributed by atoms with E-state index in [1.165, 1.54) is 11.5 Å². The van der Waals surface area contributed by atoms with Gasteiger partial charge in [0.2, 0.25) is 5.88 Å². The molecule has 1 atom stereocenters. The first-order chi connectivity index (χ1) is 14.3. The average Bonchev–Trinajstić information content (AvgIpc) is 3.25. The number of ether oxygens (including phenoxy) is 2. The first-order valence-electron chi connectivity index (χ1n) is 10.2. The van der Waals surface area contributed by atoms with Gasteiger partial charge in [0.25, 0.3) is 0 Å². The van der Waals surface area contributed by atoms with Crippen molar-refractivity contribution in [3.05, 3.63) is 30.2 Å². The predicted molar refractivity (Wildman–Crippen MR) is 115 cm³/mol. The lowest BCUT2D eigenvalue weighted by molar-refractivity contribution is 0.0252. The molecule has 0 aliphatic carbocycles. The van der Waals surface area contributed by atoms with Gasteiger partial charge < -0.3 is 14.4 Å². The van der Waals surface area contributed by atoms with Crippen molar-refractivity contribution in [3.8, 4) is 16.5 Å². The van der Waals surface area contributed by atoms with Crippen molar-refractivity contribution in [2.24, 2.45) is 0 Å². The summed E-state index contributed by atoms with van der Waals surface area (Å²) in [6.45, 7) is 8.89. The number of rotatable bonds is 3. The molecule has 1 saturated heterocycles. The van der Waals surface area contributed by atoms with Crippen LogP contribution in [-0.4, -0.2) is 54.8 Å². The molecule has 1 fully saturated rings. The monoisotopic (exact) mass is 429 g/mol. The lowest BCUT2D eigenvalue weighted by Crippen LogP contribution is -2.37. The highest BCUT2D eigenvalue weighted by atomic mass is 32.1. The molecular formula is C21H27N5O3S. The highest BCUT2D eigenvalue weighted by Crippen LogP contribution is 2.29. The van der Waals surface area contributed by atoms with Crippen LogP contribution < -0.4 is 4.74 Å². The van der Waals surface area contributed by atoms with Crippen LogP contribution in [0.3, 0.4) is 0 Å². The summed E-state index contributed by atoms with van der Waals surface area (Å²) >= 11 is 1.41. The minimum atomic E-state index is -0.494. The number of amides is 1. The van der Waals surface area contributed by atoms with Crippen molar-refractivity contribution in [3.63, 3.8) is 0 Å². The largest absolute Gasteiger partial charge is 0.473 e. The Bertz CT molecular complexity index is 1040. The van der Waals surface area contributed by atoms with Crippen molar-refractivity contribution in [1.29, 1.82) is 0 Å². The molecule has 1 aliphatic heterocycles. The molecular weight excluding hydrogens is 402 g/mol. The summed E-state index contributed by atoms with van der Waals surface area (Å²) in [5.74, 6) is 0.562. The molecule has 9 heteroatoms. The molecule has 4 heterocycles. The Labute approximate surface area is 180 Å². The van der Waals surface area contributed by atoms with Gasteiger partial charge in [-0.05, 0) is 64.2 Å². The first kappa shape index (κ1) is 20.6. The van der Waals surface area contributed by atoms with Crippen LogP contribution in [0, 0.1) is 6.92 Å². The molecule has 0 radical (unpaired) electrons. The van der Waals surface area contributed by atoms with Crippen LogP contribution in [-0.2, 0) is 4.74 Å². The fourth-order valence-electron chi connectivity index (χ4n) is 3.44. The third kappa shape index (κ3) is 4.72. The van der Waals surface area contributed by atoms with Gasteiger partial charge in [-0.2, -0.15) is 9.47 Å². The topological polar surface area (TPSA) is 81.9 Å². The third-order valence-electron chi connectivity index (χ3n) is 4.84. The number of carbonyl (C=O) groups excluding carboxylic acids is 1. The van der Waals surface area contributed by atoms with E-state index in [0.717, 1.165) is 41.0 Å². The molecule has 8 nitrogen and oxygen atoms in total. The van der Waals surface area contributed by atoms with E-state index in [9.17, 15) is 4.79 Å². The number of nitrogens with zero attached hydrogens (tertiary/aromatic N) is 5. The van der Waals surface area contributed by atoms with E-state index < -0.39 is 5.60 Å². The highest BCUT2D eigenvalue weighted by molar-refractivity contribution is 7.09. The summed E-state index contributed by atoms with van der Waals surface area (Å²) in [6, 6.07) is 3.91. The molecule has 30 heavy (non-hydrogen) atoms. The lowest BCUT2D eigenvalue weighted by Gasteiger charge is -2.26. The summed E-state index contributed by atoms with van der Waals surface area (Å²) in [4.78, 5) is 19.9. The van der Waals surface area contributed by atoms with Crippen LogP contribution in [0.5, 0.6) is 5.88 Å². The molecule has 0 aromatic carbocycles. The van der Waals surface area contributed by atoms with Crippen molar-refractivity contribution >= 4 is 23.1 Å². The zero-order chi connectivity index (χ0) is 21.3. The number of hydrogen-bond acceptors (Lipinski definition) is 7. The van der Waals surface area contributed by atoms with Crippen molar-refractivity contribution in [2.45, 2.75) is 58.7 Å². The number of aromatic nitrogens is 4. The van der Waals surface area contributed by atoms with E-state index in [0.29, 0.717) is 19.0 Å². The second kappa shape index (κ2) is 8.22. The Morgan fingerprint density at radius 3 is 2.83 bits per heavy atom. The first-order valence-corrected chi connectivity index (χ1v) is 11.0. The molecule has 0 spiro atoms. The molecule has 3 aromatic rings. The van der Waals surface area contributed by atoms with Gasteiger partial charge >= 0.3 is 6.09 Å². The summed E-state index contributed by atoms with van der Waals surface area (Å²) < 4.78 is 18.0. The number of carbonyl (C=O) groups is 1. The van der Waals surface area contributed by atoms with Gasteiger partial charge in [0.1, 0.15) is 22.9 Å². The molecule has 1 aliphatic rings. The Morgan fingerprint density at radius 2 is 2.10 bits per heavy atom. The molecule has 160 valence electrons. The van der Waals surface area contributed by atoms with E-state index >= 15 is 0 Å². The fourth-order valence-corrected chi connectivity index (χ4v) is 4.15. The molecule has 0 unspecified atom stereocenters. The quantitative estimate of drug-likeness (QED) is 0.616. The summed E-state index contributed by atoms with van der Waals surface area (Å²) in [7, 11) is 0. The van der Waals surface area contributed by atoms with Crippen molar-refractivity contribution in [1.82, 2.24) is 23.9 Å². The smallest absolute Gasteiger partial charge is 0.410 e. The zero-order valence-corrected chi connectivity index (χ0v) is 18.6. The molecule has 4 rings (SSSR count). The van der Waals surface area contributed by atoms with E-state index in [2.05, 4.69) is 9.47 Å². The van der Waals surface area contributed by atoms with E-state index in [4.69, 9.17) is 14.5 Å². The van der Waals surface area contributed by atoms with Crippen LogP contribution in [0.1, 0.15) is 45.7 Å². The van der Waals surface area contributed by atoms with Crippen LogP contribution in [0.2, 0.25) is 0 Å². The molecule has 0 saturated carbocycles. The molecule has 1 amide bonds. The summed E-state index contributed by atoms with van der Waals surface area (Å²) in [5, 5.41) is 4.36. The fraction of sp³-hybridized carbons (Fsp3) is 0.524. The van der Waals surface area contributed by atoms with Crippen LogP contribution >= 0.6 is 11.5 Å². The van der Waals surface area contributed by atoms with Crippen LogP contribution in [0.4, 0.5) is 4.79 Å². The van der Waals surface area contributed by atoms with Gasteiger partial charge in [0, 0.05) is 19.5 Å². The highest BCUT2D eigenvalue weighted by Gasteiger charge is 2.26. The molecule has 0 N–H and O–H groups in total. The van der Waals surface area contributed by atoms with Gasteiger partial charge in [0.15, 0.2) is 0 Å². The van der Waals surface area contributed by atoms with E-state index in [1.807, 2.05) is 46.0 Å². The maximum atomic E-state index is 12.4. The van der Waals surface area contributed by atoms with Gasteiger partial charge in [-0.25, -0.2) is 14.3 Å². The second-order valence-electron chi connectivity index (χ2n) is 8.56. The Hall–Kier alpha value is -2.68. The lowest BCUT2D eigenvalue weighted by atomic mass is 10.1. The minimum absolute atomic E-state index is 0.0258. The normalized spacial score (nSPS) is 17.7. The Balaban J connectivity index is 1.50. The number of hydrogen-bond donors (Lipinski definition) is 0.